The highest BCUT2D eigenvalue weighted by Crippen LogP contribution is 2.33. The van der Waals surface area contributed by atoms with Crippen LogP contribution in [0.5, 0.6) is 0 Å². The largest absolute Gasteiger partial charge is 0.217 e. The van der Waals surface area contributed by atoms with Crippen molar-refractivity contribution >= 4 is 23.3 Å². The van der Waals surface area contributed by atoms with Gasteiger partial charge in [-0.05, 0) is 46.6 Å². The van der Waals surface area contributed by atoms with Gasteiger partial charge in [0, 0.05) is 6.42 Å². The molecule has 2 aromatic rings. The quantitative estimate of drug-likeness (QED) is 0.864. The Morgan fingerprint density at radius 1 is 1.32 bits per heavy atom. The van der Waals surface area contributed by atoms with E-state index in [-0.39, 0.29) is 0 Å². The van der Waals surface area contributed by atoms with Gasteiger partial charge in [0.2, 0.25) is 5.16 Å². The normalized spacial score (nSPS) is 16.9. The van der Waals surface area contributed by atoms with Gasteiger partial charge in [0.1, 0.15) is 5.82 Å². The molecule has 0 bridgehead atoms. The van der Waals surface area contributed by atoms with Crippen molar-refractivity contribution < 1.29 is 0 Å². The summed E-state index contributed by atoms with van der Waals surface area (Å²) in [7, 11) is 0. The van der Waals surface area contributed by atoms with E-state index >= 15 is 0 Å². The van der Waals surface area contributed by atoms with Gasteiger partial charge in [-0.15, -0.1) is 5.10 Å². The Morgan fingerprint density at radius 3 is 2.89 bits per heavy atom. The number of hydrogen-bond acceptors (Lipinski definition) is 7. The van der Waals surface area contributed by atoms with E-state index in [1.165, 1.54) is 55.4 Å². The molecule has 0 aromatic carbocycles. The van der Waals surface area contributed by atoms with Gasteiger partial charge in [-0.1, -0.05) is 26.2 Å². The van der Waals surface area contributed by atoms with E-state index in [1.807, 2.05) is 4.68 Å². The molecule has 0 saturated heterocycles. The summed E-state index contributed by atoms with van der Waals surface area (Å²) in [5.74, 6) is 0.893. The van der Waals surface area contributed by atoms with Gasteiger partial charge in [-0.3, -0.25) is 0 Å². The van der Waals surface area contributed by atoms with Crippen molar-refractivity contribution in [2.45, 2.75) is 61.0 Å². The standard InChI is InChI=1S/C11H16N6S2/c1-2-9-12-11(19-14-9)18-10-13-15-16-17(10)8-6-4-3-5-7-8/h8H,2-7H2,1H3. The summed E-state index contributed by atoms with van der Waals surface area (Å²) >= 11 is 2.94. The van der Waals surface area contributed by atoms with Crippen LogP contribution in [-0.4, -0.2) is 29.6 Å². The number of rotatable bonds is 4. The van der Waals surface area contributed by atoms with Crippen LogP contribution in [-0.2, 0) is 6.42 Å². The van der Waals surface area contributed by atoms with Gasteiger partial charge < -0.3 is 0 Å². The molecule has 0 atom stereocenters. The van der Waals surface area contributed by atoms with Crippen LogP contribution in [0.15, 0.2) is 9.50 Å². The predicted molar refractivity (Wildman–Crippen MR) is 73.3 cm³/mol. The Bertz CT molecular complexity index is 531. The topological polar surface area (TPSA) is 69.4 Å². The lowest BCUT2D eigenvalue weighted by Gasteiger charge is -2.21. The fraction of sp³-hybridized carbons (Fsp3) is 0.727. The van der Waals surface area contributed by atoms with Gasteiger partial charge in [0.05, 0.1) is 6.04 Å². The minimum absolute atomic E-state index is 0.449. The van der Waals surface area contributed by atoms with E-state index < -0.39 is 0 Å². The summed E-state index contributed by atoms with van der Waals surface area (Å²) in [5, 5.41) is 12.9. The van der Waals surface area contributed by atoms with Gasteiger partial charge in [-0.25, -0.2) is 9.67 Å². The van der Waals surface area contributed by atoms with E-state index in [0.717, 1.165) is 21.7 Å². The Labute approximate surface area is 120 Å². The zero-order valence-electron chi connectivity index (χ0n) is 10.8. The van der Waals surface area contributed by atoms with Gasteiger partial charge in [0.15, 0.2) is 4.34 Å². The summed E-state index contributed by atoms with van der Waals surface area (Å²) < 4.78 is 7.18. The van der Waals surface area contributed by atoms with Crippen LogP contribution < -0.4 is 0 Å². The van der Waals surface area contributed by atoms with Crippen molar-refractivity contribution in [2.24, 2.45) is 0 Å². The summed E-state index contributed by atoms with van der Waals surface area (Å²) in [5.41, 5.74) is 0. The fourth-order valence-electron chi connectivity index (χ4n) is 2.31. The Balaban J connectivity index is 1.75. The first kappa shape index (κ1) is 13.0. The number of aromatic nitrogens is 6. The molecule has 6 nitrogen and oxygen atoms in total. The van der Waals surface area contributed by atoms with Crippen LogP contribution in [0.25, 0.3) is 0 Å². The molecule has 0 unspecified atom stereocenters. The molecule has 1 aliphatic carbocycles. The molecule has 1 saturated carbocycles. The molecule has 0 aliphatic heterocycles. The van der Waals surface area contributed by atoms with E-state index in [0.29, 0.717) is 6.04 Å². The van der Waals surface area contributed by atoms with Gasteiger partial charge in [-0.2, -0.15) is 4.37 Å². The average Bonchev–Trinajstić information content (AvgIpc) is 3.09. The Hall–Kier alpha value is -1.02. The van der Waals surface area contributed by atoms with Crippen molar-refractivity contribution in [2.75, 3.05) is 0 Å². The Morgan fingerprint density at radius 2 is 2.16 bits per heavy atom. The molecule has 1 fully saturated rings. The van der Waals surface area contributed by atoms with Crippen LogP contribution >= 0.6 is 23.3 Å². The van der Waals surface area contributed by atoms with E-state index in [4.69, 9.17) is 0 Å². The van der Waals surface area contributed by atoms with Crippen molar-refractivity contribution in [3.8, 4) is 0 Å². The molecule has 0 N–H and O–H groups in total. The zero-order valence-corrected chi connectivity index (χ0v) is 12.5. The molecule has 8 heteroatoms. The molecule has 0 amide bonds. The van der Waals surface area contributed by atoms with Gasteiger partial charge >= 0.3 is 0 Å². The average molecular weight is 296 g/mol. The molecule has 0 spiro atoms. The van der Waals surface area contributed by atoms with Crippen molar-refractivity contribution in [3.63, 3.8) is 0 Å². The minimum Gasteiger partial charge on any atom is -0.217 e. The lowest BCUT2D eigenvalue weighted by atomic mass is 9.96. The molecular weight excluding hydrogens is 280 g/mol. The number of tetrazole rings is 1. The first-order chi connectivity index (χ1) is 9.36. The summed E-state index contributed by atoms with van der Waals surface area (Å²) in [6, 6.07) is 0.449. The summed E-state index contributed by atoms with van der Waals surface area (Å²) in [6.45, 7) is 2.06. The van der Waals surface area contributed by atoms with Crippen LogP contribution in [0.4, 0.5) is 0 Å². The third kappa shape index (κ3) is 2.94. The van der Waals surface area contributed by atoms with Crippen LogP contribution in [0, 0.1) is 0 Å². The third-order valence-corrected chi connectivity index (χ3v) is 5.07. The number of hydrogen-bond donors (Lipinski definition) is 0. The minimum atomic E-state index is 0.449. The van der Waals surface area contributed by atoms with Crippen LogP contribution in [0.3, 0.4) is 0 Å². The molecule has 0 radical (unpaired) electrons. The van der Waals surface area contributed by atoms with E-state index in [2.05, 4.69) is 31.8 Å². The SMILES string of the molecule is CCc1nsc(Sc2nnnn2C2CCCCC2)n1. The second kappa shape index (κ2) is 5.96. The highest BCUT2D eigenvalue weighted by molar-refractivity contribution is 8.00. The molecular formula is C11H16N6S2. The van der Waals surface area contributed by atoms with Gasteiger partial charge in [0.25, 0.3) is 0 Å². The number of nitrogens with zero attached hydrogens (tertiary/aromatic N) is 6. The first-order valence-electron chi connectivity index (χ1n) is 6.65. The molecule has 3 rings (SSSR count). The summed E-state index contributed by atoms with van der Waals surface area (Å²) in [4.78, 5) is 4.45. The van der Waals surface area contributed by atoms with Crippen molar-refractivity contribution in [1.29, 1.82) is 0 Å². The molecule has 102 valence electrons. The lowest BCUT2D eigenvalue weighted by Crippen LogP contribution is -2.15. The maximum absolute atomic E-state index is 4.45. The molecule has 1 aliphatic rings. The van der Waals surface area contributed by atoms with Crippen molar-refractivity contribution in [3.05, 3.63) is 5.82 Å². The third-order valence-electron chi connectivity index (χ3n) is 3.33. The highest BCUT2D eigenvalue weighted by atomic mass is 32.2. The number of aryl methyl sites for hydroxylation is 1. The zero-order chi connectivity index (χ0) is 13.1. The maximum Gasteiger partial charge on any atom is 0.216 e. The molecule has 2 aromatic heterocycles. The predicted octanol–water partition coefficient (Wildman–Crippen LogP) is 2.74. The summed E-state index contributed by atoms with van der Waals surface area (Å²) in [6.07, 6.45) is 7.09. The Kier molecular flexibility index (Phi) is 4.07. The second-order valence-corrected chi connectivity index (χ2v) is 6.60. The lowest BCUT2D eigenvalue weighted by molar-refractivity contribution is 0.307. The fourth-order valence-corrected chi connectivity index (χ4v) is 3.96. The molecule has 19 heavy (non-hydrogen) atoms. The van der Waals surface area contributed by atoms with E-state index in [1.54, 1.807) is 0 Å². The van der Waals surface area contributed by atoms with Crippen LogP contribution in [0.2, 0.25) is 0 Å². The molecule has 2 heterocycles. The van der Waals surface area contributed by atoms with Crippen LogP contribution in [0.1, 0.15) is 50.9 Å². The van der Waals surface area contributed by atoms with E-state index in [9.17, 15) is 0 Å². The second-order valence-electron chi connectivity index (χ2n) is 4.63. The van der Waals surface area contributed by atoms with Crippen molar-refractivity contribution in [1.82, 2.24) is 29.6 Å². The monoisotopic (exact) mass is 296 g/mol. The smallest absolute Gasteiger partial charge is 0.216 e. The highest BCUT2D eigenvalue weighted by Gasteiger charge is 2.21. The first-order valence-corrected chi connectivity index (χ1v) is 8.24. The maximum atomic E-state index is 4.45.